The summed E-state index contributed by atoms with van der Waals surface area (Å²) < 4.78 is 5.42. The number of hydrogen-bond acceptors (Lipinski definition) is 4. The van der Waals surface area contributed by atoms with Crippen molar-refractivity contribution in [2.45, 2.75) is 45.4 Å². The Bertz CT molecular complexity index is 470. The first-order chi connectivity index (χ1) is 9.85. The zero-order chi connectivity index (χ0) is 15.5. The number of carbonyl (C=O) groups excluding carboxylic acids is 1. The Balaban J connectivity index is 1.85. The molecule has 0 saturated carbocycles. The van der Waals surface area contributed by atoms with Crippen molar-refractivity contribution in [1.82, 2.24) is 14.8 Å². The van der Waals surface area contributed by atoms with Crippen LogP contribution in [0.5, 0.6) is 0 Å². The molecule has 5 heteroatoms. The van der Waals surface area contributed by atoms with E-state index in [9.17, 15) is 4.79 Å². The lowest BCUT2D eigenvalue weighted by Crippen LogP contribution is -2.42. The van der Waals surface area contributed by atoms with E-state index < -0.39 is 5.60 Å². The van der Waals surface area contributed by atoms with Gasteiger partial charge >= 0.3 is 6.09 Å². The third-order valence-corrected chi connectivity index (χ3v) is 3.59. The topological polar surface area (TPSA) is 45.7 Å². The van der Waals surface area contributed by atoms with Crippen LogP contribution in [0, 0.1) is 0 Å². The Morgan fingerprint density at radius 1 is 1.48 bits per heavy atom. The van der Waals surface area contributed by atoms with Crippen molar-refractivity contribution in [3.05, 3.63) is 30.1 Å². The number of hydrogen-bond donors (Lipinski definition) is 0. The summed E-state index contributed by atoms with van der Waals surface area (Å²) in [6.45, 7) is 8.35. The minimum absolute atomic E-state index is 0.212. The molecule has 116 valence electrons. The summed E-state index contributed by atoms with van der Waals surface area (Å²) in [4.78, 5) is 20.5. The van der Waals surface area contributed by atoms with Gasteiger partial charge in [0.25, 0.3) is 0 Å². The lowest BCUT2D eigenvalue weighted by Gasteiger charge is -2.28. The normalized spacial score (nSPS) is 19.5. The molecule has 2 rings (SSSR count). The molecule has 1 aliphatic heterocycles. The van der Waals surface area contributed by atoms with E-state index in [0.29, 0.717) is 0 Å². The maximum absolute atomic E-state index is 12.1. The van der Waals surface area contributed by atoms with E-state index in [0.717, 1.165) is 31.7 Å². The fourth-order valence-electron chi connectivity index (χ4n) is 2.48. The maximum Gasteiger partial charge on any atom is 0.410 e. The number of likely N-dealkylation sites (tertiary alicyclic amines) is 1. The lowest BCUT2D eigenvalue weighted by atomic mass is 10.2. The molecule has 1 aromatic rings. The summed E-state index contributed by atoms with van der Waals surface area (Å²) in [5.41, 5.74) is 0.621. The summed E-state index contributed by atoms with van der Waals surface area (Å²) in [6, 6.07) is 6.17. The first kappa shape index (κ1) is 15.8. The van der Waals surface area contributed by atoms with Crippen LogP contribution in [-0.4, -0.2) is 52.7 Å². The number of rotatable bonds is 3. The Morgan fingerprint density at radius 2 is 2.24 bits per heavy atom. The van der Waals surface area contributed by atoms with Gasteiger partial charge in [-0.15, -0.1) is 0 Å². The molecule has 1 saturated heterocycles. The van der Waals surface area contributed by atoms with Crippen LogP contribution in [0.25, 0.3) is 0 Å². The lowest BCUT2D eigenvalue weighted by molar-refractivity contribution is 0.0228. The van der Waals surface area contributed by atoms with E-state index in [1.807, 2.05) is 52.2 Å². The van der Waals surface area contributed by atoms with Gasteiger partial charge in [0.1, 0.15) is 5.60 Å². The first-order valence-electron chi connectivity index (χ1n) is 7.43. The average molecular weight is 291 g/mol. The smallest absolute Gasteiger partial charge is 0.410 e. The van der Waals surface area contributed by atoms with Crippen molar-refractivity contribution in [1.29, 1.82) is 0 Å². The summed E-state index contributed by atoms with van der Waals surface area (Å²) >= 11 is 0. The number of pyridine rings is 1. The SMILES string of the molecule is CN(C(=O)OC(C)(C)C)[C@H]1CCN(Cc2ccccn2)C1. The zero-order valence-corrected chi connectivity index (χ0v) is 13.4. The highest BCUT2D eigenvalue weighted by Gasteiger charge is 2.30. The van der Waals surface area contributed by atoms with E-state index in [-0.39, 0.29) is 12.1 Å². The van der Waals surface area contributed by atoms with Crippen LogP contribution in [-0.2, 0) is 11.3 Å². The first-order valence-corrected chi connectivity index (χ1v) is 7.43. The number of carbonyl (C=O) groups is 1. The molecule has 5 nitrogen and oxygen atoms in total. The second-order valence-corrected chi connectivity index (χ2v) is 6.59. The van der Waals surface area contributed by atoms with Crippen LogP contribution in [0.2, 0.25) is 0 Å². The van der Waals surface area contributed by atoms with Crippen LogP contribution in [0.3, 0.4) is 0 Å². The molecule has 0 radical (unpaired) electrons. The van der Waals surface area contributed by atoms with Crippen molar-refractivity contribution in [3.63, 3.8) is 0 Å². The van der Waals surface area contributed by atoms with Gasteiger partial charge in [0, 0.05) is 38.9 Å². The van der Waals surface area contributed by atoms with Gasteiger partial charge in [0.15, 0.2) is 0 Å². The van der Waals surface area contributed by atoms with Crippen molar-refractivity contribution >= 4 is 6.09 Å². The van der Waals surface area contributed by atoms with Gasteiger partial charge in [-0.3, -0.25) is 9.88 Å². The molecule has 0 spiro atoms. The van der Waals surface area contributed by atoms with E-state index in [1.54, 1.807) is 4.90 Å². The molecule has 2 heterocycles. The third-order valence-electron chi connectivity index (χ3n) is 3.59. The predicted octanol–water partition coefficient (Wildman–Crippen LogP) is 2.52. The molecule has 1 aromatic heterocycles. The molecule has 0 aromatic carbocycles. The highest BCUT2D eigenvalue weighted by Crippen LogP contribution is 2.19. The van der Waals surface area contributed by atoms with E-state index in [4.69, 9.17) is 4.74 Å². The monoisotopic (exact) mass is 291 g/mol. The fraction of sp³-hybridized carbons (Fsp3) is 0.625. The minimum atomic E-state index is -0.447. The Morgan fingerprint density at radius 3 is 2.86 bits per heavy atom. The van der Waals surface area contributed by atoms with E-state index >= 15 is 0 Å². The maximum atomic E-state index is 12.1. The summed E-state index contributed by atoms with van der Waals surface area (Å²) in [6.07, 6.45) is 2.55. The molecular weight excluding hydrogens is 266 g/mol. The molecule has 1 atom stereocenters. The largest absolute Gasteiger partial charge is 0.444 e. The molecule has 0 N–H and O–H groups in total. The second-order valence-electron chi connectivity index (χ2n) is 6.59. The van der Waals surface area contributed by atoms with Crippen molar-refractivity contribution in [2.75, 3.05) is 20.1 Å². The highest BCUT2D eigenvalue weighted by molar-refractivity contribution is 5.68. The van der Waals surface area contributed by atoms with Crippen molar-refractivity contribution in [3.8, 4) is 0 Å². The minimum Gasteiger partial charge on any atom is -0.444 e. The van der Waals surface area contributed by atoms with Gasteiger partial charge in [0.05, 0.1) is 5.69 Å². The van der Waals surface area contributed by atoms with E-state index in [1.165, 1.54) is 0 Å². The third kappa shape index (κ3) is 4.70. The van der Waals surface area contributed by atoms with Gasteiger partial charge < -0.3 is 9.64 Å². The quantitative estimate of drug-likeness (QED) is 0.858. The standard InChI is InChI=1S/C16H25N3O2/c1-16(2,3)21-15(20)18(4)14-8-10-19(12-14)11-13-7-5-6-9-17-13/h5-7,9,14H,8,10-12H2,1-4H3/t14-/m0/s1. The van der Waals surface area contributed by atoms with Crippen LogP contribution in [0.4, 0.5) is 4.79 Å². The van der Waals surface area contributed by atoms with Gasteiger partial charge in [-0.1, -0.05) is 6.07 Å². The van der Waals surface area contributed by atoms with Crippen LogP contribution in [0.1, 0.15) is 32.9 Å². The Kier molecular flexibility index (Phi) is 4.83. The molecule has 21 heavy (non-hydrogen) atoms. The summed E-state index contributed by atoms with van der Waals surface area (Å²) in [5.74, 6) is 0. The van der Waals surface area contributed by atoms with Gasteiger partial charge in [-0.2, -0.15) is 0 Å². The number of nitrogens with zero attached hydrogens (tertiary/aromatic N) is 3. The second kappa shape index (κ2) is 6.43. The van der Waals surface area contributed by atoms with Crippen molar-refractivity contribution in [2.24, 2.45) is 0 Å². The zero-order valence-electron chi connectivity index (χ0n) is 13.4. The molecule has 1 aliphatic rings. The number of likely N-dealkylation sites (N-methyl/N-ethyl adjacent to an activating group) is 1. The summed E-state index contributed by atoms with van der Waals surface area (Å²) in [7, 11) is 1.82. The van der Waals surface area contributed by atoms with Crippen LogP contribution < -0.4 is 0 Å². The Labute approximate surface area is 126 Å². The summed E-state index contributed by atoms with van der Waals surface area (Å²) in [5, 5.41) is 0. The number of amides is 1. The molecule has 0 unspecified atom stereocenters. The number of ether oxygens (including phenoxy) is 1. The molecule has 0 bridgehead atoms. The van der Waals surface area contributed by atoms with Crippen LogP contribution in [0.15, 0.2) is 24.4 Å². The Hall–Kier alpha value is -1.62. The number of aromatic nitrogens is 1. The molecule has 1 fully saturated rings. The van der Waals surface area contributed by atoms with Crippen LogP contribution >= 0.6 is 0 Å². The molecular formula is C16H25N3O2. The fourth-order valence-corrected chi connectivity index (χ4v) is 2.48. The predicted molar refractivity (Wildman–Crippen MR) is 81.9 cm³/mol. The molecule has 0 aliphatic carbocycles. The van der Waals surface area contributed by atoms with Gasteiger partial charge in [0.2, 0.25) is 0 Å². The van der Waals surface area contributed by atoms with E-state index in [2.05, 4.69) is 9.88 Å². The van der Waals surface area contributed by atoms with Gasteiger partial charge in [-0.05, 0) is 39.3 Å². The molecule has 1 amide bonds. The average Bonchev–Trinajstić information content (AvgIpc) is 2.85. The highest BCUT2D eigenvalue weighted by atomic mass is 16.6. The van der Waals surface area contributed by atoms with Crippen molar-refractivity contribution < 1.29 is 9.53 Å². The van der Waals surface area contributed by atoms with Gasteiger partial charge in [-0.25, -0.2) is 4.79 Å².